The Hall–Kier alpha value is -3.48. The van der Waals surface area contributed by atoms with E-state index in [0.717, 1.165) is 29.3 Å². The molecule has 2 aromatic carbocycles. The van der Waals surface area contributed by atoms with Crippen LogP contribution in [0, 0.1) is 6.92 Å². The molecule has 0 aliphatic carbocycles. The first-order chi connectivity index (χ1) is 15.2. The Balaban J connectivity index is 1.16. The van der Waals surface area contributed by atoms with Crippen molar-refractivity contribution in [1.82, 2.24) is 24.8 Å². The fourth-order valence-electron chi connectivity index (χ4n) is 4.23. The van der Waals surface area contributed by atoms with Crippen LogP contribution >= 0.6 is 0 Å². The van der Waals surface area contributed by atoms with Crippen LogP contribution in [0.5, 0.6) is 0 Å². The van der Waals surface area contributed by atoms with Crippen LogP contribution in [-0.4, -0.2) is 43.8 Å². The number of hydrogen-bond acceptors (Lipinski definition) is 5. The summed E-state index contributed by atoms with van der Waals surface area (Å²) in [6.07, 6.45) is 4.00. The topological polar surface area (TPSA) is 77.1 Å². The molecule has 5 rings (SSSR count). The van der Waals surface area contributed by atoms with Gasteiger partial charge in [-0.05, 0) is 31.9 Å². The van der Waals surface area contributed by atoms with Gasteiger partial charge >= 0.3 is 0 Å². The van der Waals surface area contributed by atoms with E-state index >= 15 is 0 Å². The minimum Gasteiger partial charge on any atom is -0.343 e. The lowest BCUT2D eigenvalue weighted by atomic mass is 9.96. The second-order valence-electron chi connectivity index (χ2n) is 8.16. The molecule has 1 aliphatic heterocycles. The van der Waals surface area contributed by atoms with Crippen molar-refractivity contribution in [3.63, 3.8) is 0 Å². The number of carbonyl (C=O) groups excluding carboxylic acids is 1. The number of piperidine rings is 1. The van der Waals surface area contributed by atoms with Gasteiger partial charge in [-0.3, -0.25) is 9.48 Å². The van der Waals surface area contributed by atoms with Gasteiger partial charge in [0.25, 0.3) is 0 Å². The van der Waals surface area contributed by atoms with Gasteiger partial charge in [-0.2, -0.15) is 10.1 Å². The van der Waals surface area contributed by atoms with Crippen LogP contribution in [0.25, 0.3) is 22.3 Å². The van der Waals surface area contributed by atoms with Gasteiger partial charge < -0.3 is 9.42 Å². The Bertz CT molecular complexity index is 1190. The third kappa shape index (κ3) is 4.08. The van der Waals surface area contributed by atoms with Gasteiger partial charge in [0.05, 0.1) is 18.3 Å². The largest absolute Gasteiger partial charge is 0.343 e. The summed E-state index contributed by atoms with van der Waals surface area (Å²) in [5, 5.41) is 9.69. The van der Waals surface area contributed by atoms with Gasteiger partial charge in [-0.1, -0.05) is 47.1 Å². The molecule has 0 unspecified atom stereocenters. The maximum absolute atomic E-state index is 12.7. The molecule has 2 aromatic heterocycles. The van der Waals surface area contributed by atoms with Crippen molar-refractivity contribution >= 4 is 16.8 Å². The Morgan fingerprint density at radius 3 is 2.74 bits per heavy atom. The van der Waals surface area contributed by atoms with Crippen molar-refractivity contribution in [2.45, 2.75) is 38.6 Å². The summed E-state index contributed by atoms with van der Waals surface area (Å²) in [4.78, 5) is 19.3. The normalized spacial score (nSPS) is 14.9. The molecule has 1 saturated heterocycles. The molecule has 1 aliphatic rings. The predicted molar refractivity (Wildman–Crippen MR) is 117 cm³/mol. The van der Waals surface area contributed by atoms with Gasteiger partial charge in [0.1, 0.15) is 0 Å². The average molecular weight is 415 g/mol. The molecule has 1 fully saturated rings. The highest BCUT2D eigenvalue weighted by Crippen LogP contribution is 2.29. The number of aryl methyl sites for hydroxylation is 2. The van der Waals surface area contributed by atoms with Gasteiger partial charge in [0.15, 0.2) is 0 Å². The second kappa shape index (κ2) is 8.34. The standard InChI is InChI=1S/C24H25N5O2/c1-17-7-8-21-20(15-17)16-25-29(21)14-11-22(30)28-12-9-19(10-13-28)24-26-23(27-31-24)18-5-3-2-4-6-18/h2-8,15-16,19H,9-14H2,1H3. The molecule has 7 heteroatoms. The number of aromatic nitrogens is 4. The number of amides is 1. The molecule has 7 nitrogen and oxygen atoms in total. The van der Waals surface area contributed by atoms with Gasteiger partial charge in [0.2, 0.25) is 17.6 Å². The number of hydrogen-bond donors (Lipinski definition) is 0. The highest BCUT2D eigenvalue weighted by Gasteiger charge is 2.27. The number of rotatable bonds is 5. The first-order valence-electron chi connectivity index (χ1n) is 10.8. The fraction of sp³-hybridized carbons (Fsp3) is 0.333. The molecule has 0 spiro atoms. The number of likely N-dealkylation sites (tertiary alicyclic amines) is 1. The predicted octanol–water partition coefficient (Wildman–Crippen LogP) is 4.19. The SMILES string of the molecule is Cc1ccc2c(cnn2CCC(=O)N2CCC(c3nc(-c4ccccc4)no3)CC2)c1. The van der Waals surface area contributed by atoms with Crippen molar-refractivity contribution in [2.24, 2.45) is 0 Å². The highest BCUT2D eigenvalue weighted by atomic mass is 16.5. The van der Waals surface area contributed by atoms with E-state index < -0.39 is 0 Å². The summed E-state index contributed by atoms with van der Waals surface area (Å²) in [5.41, 5.74) is 3.23. The van der Waals surface area contributed by atoms with Crippen molar-refractivity contribution in [3.05, 3.63) is 66.2 Å². The maximum Gasteiger partial charge on any atom is 0.230 e. The van der Waals surface area contributed by atoms with Crippen LogP contribution in [0.3, 0.4) is 0 Å². The van der Waals surface area contributed by atoms with E-state index in [1.54, 1.807) is 0 Å². The quantitative estimate of drug-likeness (QED) is 0.488. The fourth-order valence-corrected chi connectivity index (χ4v) is 4.23. The summed E-state index contributed by atoms with van der Waals surface area (Å²) in [5.74, 6) is 1.66. The third-order valence-corrected chi connectivity index (χ3v) is 6.01. The number of benzene rings is 2. The molecular formula is C24H25N5O2. The zero-order valence-corrected chi connectivity index (χ0v) is 17.6. The monoisotopic (exact) mass is 415 g/mol. The highest BCUT2D eigenvalue weighted by molar-refractivity contribution is 5.80. The van der Waals surface area contributed by atoms with Crippen LogP contribution < -0.4 is 0 Å². The van der Waals surface area contributed by atoms with Gasteiger partial charge in [0, 0.05) is 36.4 Å². The Morgan fingerprint density at radius 1 is 1.13 bits per heavy atom. The second-order valence-corrected chi connectivity index (χ2v) is 8.16. The number of carbonyl (C=O) groups is 1. The van der Waals surface area contributed by atoms with Crippen molar-refractivity contribution < 1.29 is 9.32 Å². The van der Waals surface area contributed by atoms with Crippen LogP contribution in [-0.2, 0) is 11.3 Å². The van der Waals surface area contributed by atoms with E-state index in [-0.39, 0.29) is 11.8 Å². The molecule has 0 bridgehead atoms. The lowest BCUT2D eigenvalue weighted by molar-refractivity contribution is -0.132. The molecule has 3 heterocycles. The van der Waals surface area contributed by atoms with Crippen molar-refractivity contribution in [1.29, 1.82) is 0 Å². The molecule has 4 aromatic rings. The first-order valence-corrected chi connectivity index (χ1v) is 10.8. The van der Waals surface area contributed by atoms with E-state index in [0.29, 0.717) is 37.8 Å². The van der Waals surface area contributed by atoms with Gasteiger partial charge in [-0.15, -0.1) is 0 Å². The zero-order valence-electron chi connectivity index (χ0n) is 17.6. The molecule has 1 amide bonds. The summed E-state index contributed by atoms with van der Waals surface area (Å²) < 4.78 is 7.44. The summed E-state index contributed by atoms with van der Waals surface area (Å²) in [6, 6.07) is 16.1. The van der Waals surface area contributed by atoms with E-state index in [1.165, 1.54) is 5.56 Å². The van der Waals surface area contributed by atoms with Gasteiger partial charge in [-0.25, -0.2) is 0 Å². The minimum atomic E-state index is 0.171. The van der Waals surface area contributed by atoms with E-state index in [2.05, 4.69) is 40.4 Å². The number of nitrogens with zero attached hydrogens (tertiary/aromatic N) is 5. The molecule has 0 atom stereocenters. The third-order valence-electron chi connectivity index (χ3n) is 6.01. The molecular weight excluding hydrogens is 390 g/mol. The van der Waals surface area contributed by atoms with E-state index in [9.17, 15) is 4.79 Å². The Kier molecular flexibility index (Phi) is 5.24. The summed E-state index contributed by atoms with van der Waals surface area (Å²) in [7, 11) is 0. The Morgan fingerprint density at radius 2 is 1.94 bits per heavy atom. The average Bonchev–Trinajstić information content (AvgIpc) is 3.45. The van der Waals surface area contributed by atoms with Crippen molar-refractivity contribution in [2.75, 3.05) is 13.1 Å². The zero-order chi connectivity index (χ0) is 21.2. The smallest absolute Gasteiger partial charge is 0.230 e. The van der Waals surface area contributed by atoms with Crippen LogP contribution in [0.2, 0.25) is 0 Å². The van der Waals surface area contributed by atoms with Crippen molar-refractivity contribution in [3.8, 4) is 11.4 Å². The molecule has 0 saturated carbocycles. The van der Waals surface area contributed by atoms with Crippen LogP contribution in [0.4, 0.5) is 0 Å². The molecule has 158 valence electrons. The Labute approximate surface area is 180 Å². The minimum absolute atomic E-state index is 0.171. The lowest BCUT2D eigenvalue weighted by Crippen LogP contribution is -2.38. The van der Waals surface area contributed by atoms with E-state index in [1.807, 2.05) is 46.1 Å². The van der Waals surface area contributed by atoms with Crippen LogP contribution in [0.15, 0.2) is 59.3 Å². The lowest BCUT2D eigenvalue weighted by Gasteiger charge is -2.30. The molecule has 0 N–H and O–H groups in total. The maximum atomic E-state index is 12.7. The number of fused-ring (bicyclic) bond motifs is 1. The molecule has 0 radical (unpaired) electrons. The molecule has 31 heavy (non-hydrogen) atoms. The summed E-state index contributed by atoms with van der Waals surface area (Å²) >= 11 is 0. The first kappa shape index (κ1) is 19.5. The van der Waals surface area contributed by atoms with Crippen LogP contribution in [0.1, 0.15) is 36.6 Å². The summed E-state index contributed by atoms with van der Waals surface area (Å²) in [6.45, 7) is 4.09. The van der Waals surface area contributed by atoms with E-state index in [4.69, 9.17) is 4.52 Å².